The molecule has 0 aromatic heterocycles. The van der Waals surface area contributed by atoms with Crippen molar-refractivity contribution in [3.63, 3.8) is 0 Å². The number of hydrogen-bond donors (Lipinski definition) is 2. The molecule has 0 saturated heterocycles. The summed E-state index contributed by atoms with van der Waals surface area (Å²) < 4.78 is 0. The maximum Gasteiger partial charge on any atom is 0.339 e. The van der Waals surface area contributed by atoms with E-state index >= 15 is 0 Å². The number of halogens is 1. The molecule has 0 saturated carbocycles. The van der Waals surface area contributed by atoms with Crippen molar-refractivity contribution in [1.82, 2.24) is 0 Å². The Balaban J connectivity index is 3.42. The van der Waals surface area contributed by atoms with Crippen molar-refractivity contribution in [1.29, 1.82) is 0 Å². The highest BCUT2D eigenvalue weighted by Crippen LogP contribution is 2.26. The average molecular weight is 215 g/mol. The zero-order chi connectivity index (χ0) is 10.9. The van der Waals surface area contributed by atoms with Crippen molar-refractivity contribution in [2.45, 2.75) is 6.92 Å². The number of phenols is 1. The first-order valence-electron chi connectivity index (χ1n) is 3.70. The third-order valence-corrected chi connectivity index (χ3v) is 2.01. The molecule has 0 bridgehead atoms. The van der Waals surface area contributed by atoms with Gasteiger partial charge in [0.1, 0.15) is 11.3 Å². The average Bonchev–Trinajstić information content (AvgIpc) is 2.02. The molecule has 1 aromatic carbocycles. The highest BCUT2D eigenvalue weighted by Gasteiger charge is 2.15. The van der Waals surface area contributed by atoms with Crippen LogP contribution in [0.25, 0.3) is 0 Å². The first-order valence-corrected chi connectivity index (χ1v) is 4.08. The number of hydrogen-bond acceptors (Lipinski definition) is 3. The van der Waals surface area contributed by atoms with Crippen LogP contribution in [-0.2, 0) is 0 Å². The maximum absolute atomic E-state index is 11.0. The van der Waals surface area contributed by atoms with Gasteiger partial charge in [-0.15, -0.1) is 0 Å². The fourth-order valence-electron chi connectivity index (χ4n) is 1.00. The van der Waals surface area contributed by atoms with Crippen molar-refractivity contribution in [3.8, 4) is 5.75 Å². The van der Waals surface area contributed by atoms with Gasteiger partial charge in [-0.3, -0.25) is 4.79 Å². The number of carboxylic acid groups (broad SMARTS) is 1. The molecule has 0 aliphatic carbocycles. The van der Waals surface area contributed by atoms with E-state index in [0.717, 1.165) is 12.1 Å². The molecule has 2 N–H and O–H groups in total. The summed E-state index contributed by atoms with van der Waals surface area (Å²) in [7, 11) is 0. The summed E-state index contributed by atoms with van der Waals surface area (Å²) in [5.74, 6) is -2.10. The van der Waals surface area contributed by atoms with Crippen LogP contribution in [0.1, 0.15) is 27.6 Å². The van der Waals surface area contributed by atoms with Crippen molar-refractivity contribution in [2.24, 2.45) is 0 Å². The predicted molar refractivity (Wildman–Crippen MR) is 50.1 cm³/mol. The molecule has 0 atom stereocenters. The molecule has 74 valence electrons. The van der Waals surface area contributed by atoms with Gasteiger partial charge in [0.25, 0.3) is 0 Å². The summed E-state index contributed by atoms with van der Waals surface area (Å²) in [6, 6.07) is 2.10. The van der Waals surface area contributed by atoms with Gasteiger partial charge in [0, 0.05) is 11.6 Å². The lowest BCUT2D eigenvalue weighted by atomic mass is 10.1. The molecular weight excluding hydrogens is 208 g/mol. The second-order valence-electron chi connectivity index (χ2n) is 2.71. The van der Waals surface area contributed by atoms with Gasteiger partial charge in [-0.2, -0.15) is 0 Å². The van der Waals surface area contributed by atoms with Gasteiger partial charge in [0.2, 0.25) is 0 Å². The number of carboxylic acids is 1. The predicted octanol–water partition coefficient (Wildman–Crippen LogP) is 1.95. The minimum atomic E-state index is -1.30. The number of aromatic hydroxyl groups is 1. The maximum atomic E-state index is 11.0. The molecular formula is C9H7ClO4. The monoisotopic (exact) mass is 214 g/mol. The Morgan fingerprint density at radius 3 is 2.29 bits per heavy atom. The van der Waals surface area contributed by atoms with Gasteiger partial charge < -0.3 is 10.2 Å². The largest absolute Gasteiger partial charge is 0.507 e. The van der Waals surface area contributed by atoms with Crippen molar-refractivity contribution < 1.29 is 19.8 Å². The summed E-state index contributed by atoms with van der Waals surface area (Å²) in [4.78, 5) is 21.6. The van der Waals surface area contributed by atoms with Crippen LogP contribution in [0.5, 0.6) is 5.75 Å². The van der Waals surface area contributed by atoms with Crippen LogP contribution in [-0.4, -0.2) is 22.0 Å². The number of Topliss-reactive ketones (excluding diaryl/α,β-unsaturated/α-hetero) is 1. The molecule has 14 heavy (non-hydrogen) atoms. The molecule has 0 radical (unpaired) electrons. The number of rotatable bonds is 2. The minimum absolute atomic E-state index is 0.0417. The second kappa shape index (κ2) is 3.67. The molecule has 0 amide bonds. The van der Waals surface area contributed by atoms with Crippen LogP contribution >= 0.6 is 11.6 Å². The third kappa shape index (κ3) is 1.85. The smallest absolute Gasteiger partial charge is 0.339 e. The van der Waals surface area contributed by atoms with E-state index in [2.05, 4.69) is 0 Å². The molecule has 5 heteroatoms. The van der Waals surface area contributed by atoms with Crippen molar-refractivity contribution in [3.05, 3.63) is 28.3 Å². The molecule has 0 unspecified atom stereocenters. The Labute approximate surface area is 84.7 Å². The Hall–Kier alpha value is -1.55. The van der Waals surface area contributed by atoms with Crippen molar-refractivity contribution in [2.75, 3.05) is 0 Å². The van der Waals surface area contributed by atoms with Crippen LogP contribution in [0.15, 0.2) is 12.1 Å². The minimum Gasteiger partial charge on any atom is -0.507 e. The number of benzene rings is 1. The molecule has 0 heterocycles. The highest BCUT2D eigenvalue weighted by atomic mass is 35.5. The number of carbonyl (C=O) groups is 2. The molecule has 1 aromatic rings. The second-order valence-corrected chi connectivity index (χ2v) is 3.12. The lowest BCUT2D eigenvalue weighted by Crippen LogP contribution is -2.01. The quantitative estimate of drug-likeness (QED) is 0.738. The highest BCUT2D eigenvalue weighted by molar-refractivity contribution is 6.34. The van der Waals surface area contributed by atoms with E-state index in [4.69, 9.17) is 16.7 Å². The summed E-state index contributed by atoms with van der Waals surface area (Å²) in [5, 5.41) is 17.9. The van der Waals surface area contributed by atoms with E-state index in [-0.39, 0.29) is 21.9 Å². The summed E-state index contributed by atoms with van der Waals surface area (Å²) in [5.41, 5.74) is -0.249. The van der Waals surface area contributed by atoms with Gasteiger partial charge in [0.05, 0.1) is 5.02 Å². The van der Waals surface area contributed by atoms with Crippen LogP contribution in [0.4, 0.5) is 0 Å². The Bertz CT molecular complexity index is 376. The lowest BCUT2D eigenvalue weighted by molar-refractivity contribution is 0.0693. The number of carbonyl (C=O) groups excluding carboxylic acids is 1. The third-order valence-electron chi connectivity index (χ3n) is 1.70. The van der Waals surface area contributed by atoms with E-state index in [0.29, 0.717) is 0 Å². The molecule has 0 spiro atoms. The van der Waals surface area contributed by atoms with Crippen LogP contribution in [0, 0.1) is 0 Å². The molecule has 0 fully saturated rings. The Morgan fingerprint density at radius 2 is 1.86 bits per heavy atom. The summed E-state index contributed by atoms with van der Waals surface area (Å²) in [6.07, 6.45) is 0. The van der Waals surface area contributed by atoms with Crippen LogP contribution < -0.4 is 0 Å². The van der Waals surface area contributed by atoms with Gasteiger partial charge in [-0.05, 0) is 13.0 Å². The topological polar surface area (TPSA) is 74.6 Å². The van der Waals surface area contributed by atoms with E-state index in [1.54, 1.807) is 0 Å². The lowest BCUT2D eigenvalue weighted by Gasteiger charge is -2.04. The van der Waals surface area contributed by atoms with Gasteiger partial charge >= 0.3 is 5.97 Å². The summed E-state index contributed by atoms with van der Waals surface area (Å²) in [6.45, 7) is 1.27. The van der Waals surface area contributed by atoms with E-state index in [1.807, 2.05) is 0 Å². The van der Waals surface area contributed by atoms with E-state index in [1.165, 1.54) is 6.92 Å². The van der Waals surface area contributed by atoms with Crippen LogP contribution in [0.3, 0.4) is 0 Å². The first kappa shape index (κ1) is 10.5. The van der Waals surface area contributed by atoms with Crippen LogP contribution in [0.2, 0.25) is 5.02 Å². The Morgan fingerprint density at radius 1 is 1.29 bits per heavy atom. The van der Waals surface area contributed by atoms with Gasteiger partial charge in [-0.25, -0.2) is 4.79 Å². The number of aromatic carboxylic acids is 1. The van der Waals surface area contributed by atoms with Crippen molar-refractivity contribution >= 4 is 23.4 Å². The molecule has 1 rings (SSSR count). The normalized spacial score (nSPS) is 9.86. The fraction of sp³-hybridized carbons (Fsp3) is 0.111. The van der Waals surface area contributed by atoms with Gasteiger partial charge in [0.15, 0.2) is 5.78 Å². The Kier molecular flexibility index (Phi) is 2.76. The zero-order valence-electron chi connectivity index (χ0n) is 7.24. The summed E-state index contributed by atoms with van der Waals surface area (Å²) >= 11 is 5.63. The van der Waals surface area contributed by atoms with E-state index < -0.39 is 11.7 Å². The molecule has 0 aliphatic heterocycles. The first-order chi connectivity index (χ1) is 6.43. The zero-order valence-corrected chi connectivity index (χ0v) is 8.00. The molecule has 0 aliphatic rings. The SMILES string of the molecule is CC(=O)c1cc(C(=O)O)c(O)cc1Cl. The molecule has 4 nitrogen and oxygen atoms in total. The van der Waals surface area contributed by atoms with E-state index in [9.17, 15) is 14.7 Å². The standard InChI is InChI=1S/C9H7ClO4/c1-4(11)5-2-6(9(13)14)8(12)3-7(5)10/h2-3,12H,1H3,(H,13,14). The number of ketones is 1. The fourth-order valence-corrected chi connectivity index (χ4v) is 1.29. The van der Waals surface area contributed by atoms with Gasteiger partial charge in [-0.1, -0.05) is 11.6 Å².